The number of benzene rings is 2. The molecule has 0 radical (unpaired) electrons. The van der Waals surface area contributed by atoms with Crippen molar-refractivity contribution in [3.63, 3.8) is 0 Å². The molecule has 0 aliphatic heterocycles. The van der Waals surface area contributed by atoms with Crippen molar-refractivity contribution in [2.24, 2.45) is 0 Å². The molecule has 0 spiro atoms. The maximum Gasteiger partial charge on any atom is 0.418 e. The van der Waals surface area contributed by atoms with E-state index in [9.17, 15) is 26.9 Å². The van der Waals surface area contributed by atoms with Gasteiger partial charge in [0.1, 0.15) is 21.6 Å². The largest absolute Gasteiger partial charge is 0.495 e. The number of nitriles is 1. The first-order chi connectivity index (χ1) is 15.9. The van der Waals surface area contributed by atoms with Gasteiger partial charge in [0.2, 0.25) is 9.84 Å². The molecular formula is C25H23F3N2O3S. The second-order valence-electron chi connectivity index (χ2n) is 7.89. The maximum atomic E-state index is 13.7. The summed E-state index contributed by atoms with van der Waals surface area (Å²) in [7, 11) is -2.92. The summed E-state index contributed by atoms with van der Waals surface area (Å²) in [5.41, 5.74) is 0.377. The third-order valence-electron chi connectivity index (χ3n) is 5.40. The average Bonchev–Trinajstić information content (AvgIpc) is 3.12. The van der Waals surface area contributed by atoms with Crippen LogP contribution in [0.5, 0.6) is 5.75 Å². The molecule has 1 heterocycles. The fourth-order valence-corrected chi connectivity index (χ4v) is 5.03. The summed E-state index contributed by atoms with van der Waals surface area (Å²) < 4.78 is 74.2. The number of hydrogen-bond acceptors (Lipinski definition) is 4. The van der Waals surface area contributed by atoms with Crippen LogP contribution in [0.25, 0.3) is 11.8 Å². The lowest BCUT2D eigenvalue weighted by Crippen LogP contribution is -2.13. The first-order valence-corrected chi connectivity index (χ1v) is 11.8. The smallest absolute Gasteiger partial charge is 0.418 e. The van der Waals surface area contributed by atoms with E-state index in [-0.39, 0.29) is 22.3 Å². The monoisotopic (exact) mass is 488 g/mol. The molecule has 0 bridgehead atoms. The highest BCUT2D eigenvalue weighted by Gasteiger charge is 2.35. The second-order valence-corrected chi connectivity index (χ2v) is 9.78. The van der Waals surface area contributed by atoms with Crippen LogP contribution in [0.1, 0.15) is 42.3 Å². The fraction of sp³-hybridized carbons (Fsp3) is 0.240. The highest BCUT2D eigenvalue weighted by atomic mass is 32.2. The number of ether oxygens (including phenoxy) is 1. The quantitative estimate of drug-likeness (QED) is 0.383. The van der Waals surface area contributed by atoms with E-state index in [1.807, 2.05) is 13.8 Å². The van der Waals surface area contributed by atoms with E-state index in [0.29, 0.717) is 17.0 Å². The number of hydrogen-bond donors (Lipinski definition) is 0. The average molecular weight is 489 g/mol. The van der Waals surface area contributed by atoms with E-state index in [1.165, 1.54) is 54.2 Å². The molecule has 5 nitrogen and oxygen atoms in total. The van der Waals surface area contributed by atoms with Crippen LogP contribution in [0, 0.1) is 18.3 Å². The number of para-hydroxylation sites is 2. The van der Waals surface area contributed by atoms with Gasteiger partial charge in [-0.3, -0.25) is 0 Å². The van der Waals surface area contributed by atoms with Crippen molar-refractivity contribution in [3.05, 3.63) is 82.0 Å². The maximum absolute atomic E-state index is 13.7. The van der Waals surface area contributed by atoms with E-state index in [2.05, 4.69) is 0 Å². The van der Waals surface area contributed by atoms with Gasteiger partial charge < -0.3 is 9.30 Å². The summed E-state index contributed by atoms with van der Waals surface area (Å²) in [6.07, 6.45) is -3.39. The number of sulfone groups is 1. The Morgan fingerprint density at radius 1 is 1.12 bits per heavy atom. The zero-order chi connectivity index (χ0) is 25.3. The first-order valence-electron chi connectivity index (χ1n) is 10.3. The lowest BCUT2D eigenvalue weighted by Gasteiger charge is -2.19. The van der Waals surface area contributed by atoms with Crippen LogP contribution in [0.3, 0.4) is 0 Å². The Morgan fingerprint density at radius 2 is 1.74 bits per heavy atom. The van der Waals surface area contributed by atoms with Crippen molar-refractivity contribution in [3.8, 4) is 17.5 Å². The number of alkyl halides is 3. The molecule has 0 aliphatic carbocycles. The molecule has 0 saturated heterocycles. The lowest BCUT2D eigenvalue weighted by atomic mass is 10.1. The van der Waals surface area contributed by atoms with Crippen molar-refractivity contribution in [1.82, 2.24) is 4.57 Å². The summed E-state index contributed by atoms with van der Waals surface area (Å²) >= 11 is 0. The van der Waals surface area contributed by atoms with Gasteiger partial charge in [-0.25, -0.2) is 8.42 Å². The van der Waals surface area contributed by atoms with E-state index in [0.717, 1.165) is 6.07 Å². The van der Waals surface area contributed by atoms with Gasteiger partial charge in [-0.1, -0.05) is 38.1 Å². The zero-order valence-corrected chi connectivity index (χ0v) is 19.8. The minimum atomic E-state index is -4.58. The van der Waals surface area contributed by atoms with Gasteiger partial charge in [-0.2, -0.15) is 18.4 Å². The van der Waals surface area contributed by atoms with Crippen molar-refractivity contribution in [1.29, 1.82) is 5.26 Å². The number of rotatable bonds is 6. The topological polar surface area (TPSA) is 72.1 Å². The van der Waals surface area contributed by atoms with E-state index in [4.69, 9.17) is 4.74 Å². The first kappa shape index (κ1) is 25.1. The van der Waals surface area contributed by atoms with Crippen molar-refractivity contribution in [2.45, 2.75) is 37.8 Å². The number of methoxy groups -OCH3 is 1. The van der Waals surface area contributed by atoms with Crippen molar-refractivity contribution < 1.29 is 26.3 Å². The molecule has 34 heavy (non-hydrogen) atoms. The van der Waals surface area contributed by atoms with E-state index in [1.54, 1.807) is 25.1 Å². The molecule has 2 aromatic carbocycles. The second kappa shape index (κ2) is 9.39. The molecular weight excluding hydrogens is 465 g/mol. The van der Waals surface area contributed by atoms with E-state index >= 15 is 0 Å². The molecule has 0 fully saturated rings. The molecule has 0 saturated carbocycles. The predicted molar refractivity (Wildman–Crippen MR) is 123 cm³/mol. The van der Waals surface area contributed by atoms with Crippen molar-refractivity contribution in [2.75, 3.05) is 7.11 Å². The standard InChI is InChI=1S/C25H23F3N2O3S/c1-16(2)22-14-18(17(3)30(22)21-10-6-5-9-20(21)25(26,27)28)13-19(15-29)34(31,32)24-12-8-7-11-23(24)33-4/h5-14,16H,1-4H3/b19-13+. The predicted octanol–water partition coefficient (Wildman–Crippen LogP) is 6.27. The summed E-state index contributed by atoms with van der Waals surface area (Å²) in [4.78, 5) is -0.717. The summed E-state index contributed by atoms with van der Waals surface area (Å²) in [5.74, 6) is -0.0987. The number of allylic oxidation sites excluding steroid dienone is 1. The number of halogens is 3. The molecule has 9 heteroatoms. The van der Waals surface area contributed by atoms with Gasteiger partial charge in [0.15, 0.2) is 0 Å². The van der Waals surface area contributed by atoms with Crippen LogP contribution in [-0.2, 0) is 16.0 Å². The van der Waals surface area contributed by atoms with Crippen LogP contribution < -0.4 is 4.74 Å². The molecule has 178 valence electrons. The third-order valence-corrected chi connectivity index (χ3v) is 7.11. The molecule has 0 N–H and O–H groups in total. The lowest BCUT2D eigenvalue weighted by molar-refractivity contribution is -0.137. The Labute approximate surface area is 196 Å². The Morgan fingerprint density at radius 3 is 2.32 bits per heavy atom. The normalized spacial score (nSPS) is 12.6. The van der Waals surface area contributed by atoms with Gasteiger partial charge in [0.25, 0.3) is 0 Å². The minimum Gasteiger partial charge on any atom is -0.495 e. The SMILES string of the molecule is COc1ccccc1S(=O)(=O)/C(C#N)=C/c1cc(C(C)C)n(-c2ccccc2C(F)(F)F)c1C. The summed E-state index contributed by atoms with van der Waals surface area (Å²) in [6.45, 7) is 5.24. The van der Waals surface area contributed by atoms with Gasteiger partial charge in [-0.05, 0) is 54.8 Å². The van der Waals surface area contributed by atoms with Crippen LogP contribution in [0.15, 0.2) is 64.4 Å². The molecule has 3 aromatic rings. The van der Waals surface area contributed by atoms with Gasteiger partial charge >= 0.3 is 6.18 Å². The Bertz CT molecular complexity index is 1400. The van der Waals surface area contributed by atoms with Crippen LogP contribution in [0.2, 0.25) is 0 Å². The molecule has 3 rings (SSSR count). The third kappa shape index (κ3) is 4.59. The number of nitrogens with zero attached hydrogens (tertiary/aromatic N) is 2. The Balaban J connectivity index is 2.26. The van der Waals surface area contributed by atoms with Gasteiger partial charge in [0.05, 0.1) is 18.4 Å². The zero-order valence-electron chi connectivity index (χ0n) is 19.0. The minimum absolute atomic E-state index is 0.0676. The van der Waals surface area contributed by atoms with Crippen LogP contribution >= 0.6 is 0 Å². The molecule has 0 amide bonds. The Kier molecular flexibility index (Phi) is 6.94. The van der Waals surface area contributed by atoms with Gasteiger partial charge in [0, 0.05) is 11.4 Å². The summed E-state index contributed by atoms with van der Waals surface area (Å²) in [6, 6.07) is 14.4. The highest BCUT2D eigenvalue weighted by molar-refractivity contribution is 7.95. The highest BCUT2D eigenvalue weighted by Crippen LogP contribution is 2.37. The summed E-state index contributed by atoms with van der Waals surface area (Å²) in [5, 5.41) is 9.70. The van der Waals surface area contributed by atoms with E-state index < -0.39 is 26.5 Å². The molecule has 0 aliphatic rings. The van der Waals surface area contributed by atoms with Gasteiger partial charge in [-0.15, -0.1) is 0 Å². The molecule has 0 atom stereocenters. The number of aromatic nitrogens is 1. The van der Waals surface area contributed by atoms with Crippen LogP contribution in [-0.4, -0.2) is 20.1 Å². The van der Waals surface area contributed by atoms with Crippen molar-refractivity contribution >= 4 is 15.9 Å². The molecule has 1 aromatic heterocycles. The van der Waals surface area contributed by atoms with Crippen LogP contribution in [0.4, 0.5) is 13.2 Å². The Hall–Kier alpha value is -3.51. The molecule has 0 unspecified atom stereocenters. The fourth-order valence-electron chi connectivity index (χ4n) is 3.72.